The summed E-state index contributed by atoms with van der Waals surface area (Å²) in [6.45, 7) is 3.29. The third-order valence-corrected chi connectivity index (χ3v) is 0.876. The summed E-state index contributed by atoms with van der Waals surface area (Å²) in [5.41, 5.74) is 0. The van der Waals surface area contributed by atoms with Gasteiger partial charge < -0.3 is 9.84 Å². The minimum Gasteiger partial charge on any atom is -0.469 e. The lowest BCUT2D eigenvalue weighted by molar-refractivity contribution is -0.142. The maximum absolute atomic E-state index is 10.4. The molecule has 3 nitrogen and oxygen atoms in total. The second-order valence-electron chi connectivity index (χ2n) is 1.58. The van der Waals surface area contributed by atoms with Crippen LogP contribution in [0.3, 0.4) is 0 Å². The lowest BCUT2D eigenvalue weighted by atomic mass is 10.2. The summed E-state index contributed by atoms with van der Waals surface area (Å²) in [6, 6.07) is 0. The van der Waals surface area contributed by atoms with E-state index in [0.29, 0.717) is 0 Å². The first-order valence-corrected chi connectivity index (χ1v) is 2.58. The van der Waals surface area contributed by atoms with E-state index < -0.39 is 12.1 Å². The van der Waals surface area contributed by atoms with Crippen molar-refractivity contribution in [2.45, 2.75) is 12.5 Å². The zero-order chi connectivity index (χ0) is 7.28. The highest BCUT2D eigenvalue weighted by Gasteiger charge is 2.05. The molecule has 0 aliphatic heterocycles. The van der Waals surface area contributed by atoms with Crippen LogP contribution in [0.4, 0.5) is 0 Å². The van der Waals surface area contributed by atoms with Gasteiger partial charge in [-0.2, -0.15) is 0 Å². The molecule has 0 aromatic rings. The normalized spacial score (nSPS) is 12.2. The highest BCUT2D eigenvalue weighted by Crippen LogP contribution is 1.92. The van der Waals surface area contributed by atoms with Crippen molar-refractivity contribution in [3.8, 4) is 0 Å². The molecule has 0 aromatic carbocycles. The van der Waals surface area contributed by atoms with Crippen molar-refractivity contribution < 1.29 is 14.6 Å². The molecule has 0 spiro atoms. The third kappa shape index (κ3) is 3.73. The summed E-state index contributed by atoms with van der Waals surface area (Å²) in [6.07, 6.45) is 0.495. The topological polar surface area (TPSA) is 46.5 Å². The predicted molar refractivity (Wildman–Crippen MR) is 32.8 cm³/mol. The van der Waals surface area contributed by atoms with Crippen LogP contribution < -0.4 is 0 Å². The monoisotopic (exact) mass is 130 g/mol. The molecule has 0 saturated carbocycles. The molecule has 0 aliphatic carbocycles. The van der Waals surface area contributed by atoms with E-state index in [-0.39, 0.29) is 6.42 Å². The SMILES string of the molecule is C=CC(O)CC(=O)OC. The summed E-state index contributed by atoms with van der Waals surface area (Å²) in [5.74, 6) is -0.428. The maximum Gasteiger partial charge on any atom is 0.308 e. The summed E-state index contributed by atoms with van der Waals surface area (Å²) < 4.78 is 4.28. The van der Waals surface area contributed by atoms with E-state index in [1.165, 1.54) is 13.2 Å². The summed E-state index contributed by atoms with van der Waals surface area (Å²) in [4.78, 5) is 10.4. The first-order chi connectivity index (χ1) is 4.20. The molecule has 3 heteroatoms. The maximum atomic E-state index is 10.4. The Balaban J connectivity index is 3.46. The van der Waals surface area contributed by atoms with Crippen LogP contribution in [0.25, 0.3) is 0 Å². The zero-order valence-electron chi connectivity index (χ0n) is 5.33. The molecule has 9 heavy (non-hydrogen) atoms. The van der Waals surface area contributed by atoms with Crippen molar-refractivity contribution in [3.05, 3.63) is 12.7 Å². The van der Waals surface area contributed by atoms with Gasteiger partial charge in [0.1, 0.15) is 0 Å². The number of carbonyl (C=O) groups is 1. The van der Waals surface area contributed by atoms with E-state index in [2.05, 4.69) is 11.3 Å². The van der Waals surface area contributed by atoms with Crippen molar-refractivity contribution in [2.24, 2.45) is 0 Å². The molecule has 1 unspecified atom stereocenters. The number of carbonyl (C=O) groups excluding carboxylic acids is 1. The summed E-state index contributed by atoms with van der Waals surface area (Å²) in [5, 5.41) is 8.74. The number of aliphatic hydroxyl groups is 1. The third-order valence-electron chi connectivity index (χ3n) is 0.876. The second-order valence-corrected chi connectivity index (χ2v) is 1.58. The first-order valence-electron chi connectivity index (χ1n) is 2.58. The van der Waals surface area contributed by atoms with Crippen LogP contribution >= 0.6 is 0 Å². The van der Waals surface area contributed by atoms with Crippen molar-refractivity contribution in [1.82, 2.24) is 0 Å². The lowest BCUT2D eigenvalue weighted by Gasteiger charge is -2.00. The Labute approximate surface area is 53.9 Å². The molecule has 0 fully saturated rings. The Morgan fingerprint density at radius 2 is 2.56 bits per heavy atom. The molecule has 0 aliphatic rings. The summed E-state index contributed by atoms with van der Waals surface area (Å²) in [7, 11) is 1.28. The number of hydrogen-bond donors (Lipinski definition) is 1. The van der Waals surface area contributed by atoms with Crippen LogP contribution in [0, 0.1) is 0 Å². The highest BCUT2D eigenvalue weighted by molar-refractivity contribution is 5.69. The van der Waals surface area contributed by atoms with Crippen molar-refractivity contribution >= 4 is 5.97 Å². The number of esters is 1. The molecular formula is C6H10O3. The predicted octanol–water partition coefficient (Wildman–Crippen LogP) is 0.0964. The molecule has 52 valence electrons. The molecular weight excluding hydrogens is 120 g/mol. The second kappa shape index (κ2) is 4.09. The van der Waals surface area contributed by atoms with Gasteiger partial charge in [-0.05, 0) is 0 Å². The molecule has 0 heterocycles. The Bertz CT molecular complexity index is 109. The van der Waals surface area contributed by atoms with Gasteiger partial charge in [-0.3, -0.25) is 4.79 Å². The molecule has 0 amide bonds. The minimum atomic E-state index is -0.780. The zero-order valence-corrected chi connectivity index (χ0v) is 5.33. The average Bonchev–Trinajstić information content (AvgIpc) is 1.87. The van der Waals surface area contributed by atoms with Crippen LogP contribution in [-0.4, -0.2) is 24.3 Å². The van der Waals surface area contributed by atoms with Gasteiger partial charge in [0.2, 0.25) is 0 Å². The summed E-state index contributed by atoms with van der Waals surface area (Å²) >= 11 is 0. The van der Waals surface area contributed by atoms with Gasteiger partial charge in [0.15, 0.2) is 0 Å². The van der Waals surface area contributed by atoms with Crippen LogP contribution in [-0.2, 0) is 9.53 Å². The fourth-order valence-electron chi connectivity index (χ4n) is 0.337. The number of methoxy groups -OCH3 is 1. The van der Waals surface area contributed by atoms with Gasteiger partial charge in [0.25, 0.3) is 0 Å². The Kier molecular flexibility index (Phi) is 3.71. The molecule has 0 radical (unpaired) electrons. The van der Waals surface area contributed by atoms with Gasteiger partial charge in [-0.25, -0.2) is 0 Å². The van der Waals surface area contributed by atoms with E-state index in [4.69, 9.17) is 5.11 Å². The van der Waals surface area contributed by atoms with Crippen molar-refractivity contribution in [3.63, 3.8) is 0 Å². The number of rotatable bonds is 3. The quantitative estimate of drug-likeness (QED) is 0.435. The van der Waals surface area contributed by atoms with Crippen LogP contribution in [0.2, 0.25) is 0 Å². The van der Waals surface area contributed by atoms with Gasteiger partial charge in [-0.15, -0.1) is 6.58 Å². The van der Waals surface area contributed by atoms with E-state index in [1.54, 1.807) is 0 Å². The molecule has 0 saturated heterocycles. The first kappa shape index (κ1) is 8.17. The average molecular weight is 130 g/mol. The lowest BCUT2D eigenvalue weighted by Crippen LogP contribution is -2.11. The standard InChI is InChI=1S/C6H10O3/c1-3-5(7)4-6(8)9-2/h3,5,7H,1,4H2,2H3. The fourth-order valence-corrected chi connectivity index (χ4v) is 0.337. The van der Waals surface area contributed by atoms with Gasteiger partial charge in [-0.1, -0.05) is 6.08 Å². The van der Waals surface area contributed by atoms with Crippen LogP contribution in [0.5, 0.6) is 0 Å². The van der Waals surface area contributed by atoms with Crippen molar-refractivity contribution in [1.29, 1.82) is 0 Å². The Hall–Kier alpha value is -0.830. The Morgan fingerprint density at radius 3 is 2.89 bits per heavy atom. The molecule has 1 N–H and O–H groups in total. The highest BCUT2D eigenvalue weighted by atomic mass is 16.5. The molecule has 0 rings (SSSR count). The molecule has 0 bridgehead atoms. The fraction of sp³-hybridized carbons (Fsp3) is 0.500. The molecule has 0 aromatic heterocycles. The Morgan fingerprint density at radius 1 is 2.00 bits per heavy atom. The smallest absolute Gasteiger partial charge is 0.308 e. The van der Waals surface area contributed by atoms with Gasteiger partial charge >= 0.3 is 5.97 Å². The van der Waals surface area contributed by atoms with E-state index in [1.807, 2.05) is 0 Å². The molecule has 1 atom stereocenters. The largest absolute Gasteiger partial charge is 0.469 e. The minimum absolute atomic E-state index is 0.0139. The van der Waals surface area contributed by atoms with Crippen molar-refractivity contribution in [2.75, 3.05) is 7.11 Å². The van der Waals surface area contributed by atoms with E-state index >= 15 is 0 Å². The van der Waals surface area contributed by atoms with Crippen LogP contribution in [0.1, 0.15) is 6.42 Å². The number of ether oxygens (including phenoxy) is 1. The number of aliphatic hydroxyl groups excluding tert-OH is 1. The van der Waals surface area contributed by atoms with Gasteiger partial charge in [0.05, 0.1) is 19.6 Å². The van der Waals surface area contributed by atoms with Crippen LogP contribution in [0.15, 0.2) is 12.7 Å². The van der Waals surface area contributed by atoms with Gasteiger partial charge in [0, 0.05) is 0 Å². The van der Waals surface area contributed by atoms with E-state index in [0.717, 1.165) is 0 Å². The van der Waals surface area contributed by atoms with E-state index in [9.17, 15) is 4.79 Å². The number of hydrogen-bond acceptors (Lipinski definition) is 3.